The molecule has 0 aliphatic carbocycles. The minimum Gasteiger partial charge on any atom is -0.508 e. The summed E-state index contributed by atoms with van der Waals surface area (Å²) in [5.74, 6) is -0.0458. The number of hydrogen-bond acceptors (Lipinski definition) is 3. The Morgan fingerprint density at radius 2 is 1.91 bits per heavy atom. The second-order valence-electron chi connectivity index (χ2n) is 5.46. The van der Waals surface area contributed by atoms with E-state index in [1.165, 1.54) is 0 Å². The van der Waals surface area contributed by atoms with Crippen LogP contribution in [0.1, 0.15) is 39.2 Å². The predicted octanol–water partition coefficient (Wildman–Crippen LogP) is 4.60. The van der Waals surface area contributed by atoms with Crippen molar-refractivity contribution in [2.24, 2.45) is 0 Å². The second kappa shape index (κ2) is 7.18. The predicted molar refractivity (Wildman–Crippen MR) is 91.9 cm³/mol. The smallest absolute Gasteiger partial charge is 0.331 e. The molecular formula is C19H22O4. The van der Waals surface area contributed by atoms with Gasteiger partial charge in [0.15, 0.2) is 0 Å². The molecule has 0 aliphatic heterocycles. The molecule has 0 saturated heterocycles. The average molecular weight is 314 g/mol. The first-order valence-corrected chi connectivity index (χ1v) is 7.81. The highest BCUT2D eigenvalue weighted by Crippen LogP contribution is 2.38. The topological polar surface area (TPSA) is 66.8 Å². The Morgan fingerprint density at radius 3 is 2.52 bits per heavy atom. The van der Waals surface area contributed by atoms with Crippen LogP contribution in [0.15, 0.2) is 35.9 Å². The standard InChI is InChI=1S/C19H22O4/c1-4-10-23-18-16-9-7-14(20)11-13(16)6-8-17(18)15(5-2)12(3)19(21)22/h6-9,11,20H,4-5,10H2,1-3H3,(H,21,22)/b15-12+. The molecule has 4 nitrogen and oxygen atoms in total. The fourth-order valence-corrected chi connectivity index (χ4v) is 2.67. The summed E-state index contributed by atoms with van der Waals surface area (Å²) in [5, 5.41) is 20.7. The van der Waals surface area contributed by atoms with Gasteiger partial charge < -0.3 is 14.9 Å². The molecule has 0 heterocycles. The number of aliphatic carboxylic acids is 1. The zero-order chi connectivity index (χ0) is 17.0. The van der Waals surface area contributed by atoms with Crippen LogP contribution in [0.5, 0.6) is 11.5 Å². The maximum atomic E-state index is 11.4. The molecule has 0 unspecified atom stereocenters. The Labute approximate surface area is 136 Å². The molecule has 0 fully saturated rings. The van der Waals surface area contributed by atoms with E-state index in [0.29, 0.717) is 24.4 Å². The summed E-state index contributed by atoms with van der Waals surface area (Å²) in [6, 6.07) is 8.86. The Morgan fingerprint density at radius 1 is 1.17 bits per heavy atom. The minimum atomic E-state index is -0.922. The summed E-state index contributed by atoms with van der Waals surface area (Å²) in [7, 11) is 0. The lowest BCUT2D eigenvalue weighted by molar-refractivity contribution is -0.132. The molecule has 0 aromatic heterocycles. The molecule has 0 radical (unpaired) electrons. The van der Waals surface area contributed by atoms with E-state index in [1.54, 1.807) is 19.1 Å². The Kier molecular flexibility index (Phi) is 5.27. The molecular weight excluding hydrogens is 292 g/mol. The molecule has 0 amide bonds. The number of carboxylic acid groups (broad SMARTS) is 1. The van der Waals surface area contributed by atoms with Gasteiger partial charge in [0.2, 0.25) is 0 Å². The first kappa shape index (κ1) is 16.9. The van der Waals surface area contributed by atoms with Crippen LogP contribution in [0.2, 0.25) is 0 Å². The van der Waals surface area contributed by atoms with E-state index in [4.69, 9.17) is 4.74 Å². The molecule has 0 bridgehead atoms. The molecule has 0 spiro atoms. The van der Waals surface area contributed by atoms with Crippen LogP contribution in [0.3, 0.4) is 0 Å². The van der Waals surface area contributed by atoms with Gasteiger partial charge in [0.05, 0.1) is 6.61 Å². The van der Waals surface area contributed by atoms with Crippen LogP contribution >= 0.6 is 0 Å². The van der Waals surface area contributed by atoms with Gasteiger partial charge in [-0.2, -0.15) is 0 Å². The monoisotopic (exact) mass is 314 g/mol. The van der Waals surface area contributed by atoms with Gasteiger partial charge in [0.25, 0.3) is 0 Å². The van der Waals surface area contributed by atoms with Crippen LogP contribution in [0, 0.1) is 0 Å². The normalized spacial score (nSPS) is 12.1. The van der Waals surface area contributed by atoms with Crippen molar-refractivity contribution in [2.45, 2.75) is 33.6 Å². The summed E-state index contributed by atoms with van der Waals surface area (Å²) in [6.45, 7) is 6.13. The Balaban J connectivity index is 2.74. The molecule has 2 aromatic rings. The third-order valence-electron chi connectivity index (χ3n) is 3.86. The average Bonchev–Trinajstić information content (AvgIpc) is 2.53. The third-order valence-corrected chi connectivity index (χ3v) is 3.86. The SMILES string of the molecule is CCCOc1c(/C(CC)=C(\C)C(=O)O)ccc2cc(O)ccc12. The third kappa shape index (κ3) is 3.47. The summed E-state index contributed by atoms with van der Waals surface area (Å²) >= 11 is 0. The van der Waals surface area contributed by atoms with Gasteiger partial charge in [0, 0.05) is 16.5 Å². The van der Waals surface area contributed by atoms with Gasteiger partial charge in [-0.3, -0.25) is 0 Å². The van der Waals surface area contributed by atoms with Crippen LogP contribution in [0.25, 0.3) is 16.3 Å². The Bertz CT molecular complexity index is 759. The van der Waals surface area contributed by atoms with E-state index < -0.39 is 5.97 Å². The number of rotatable bonds is 6. The molecule has 0 aliphatic rings. The van der Waals surface area contributed by atoms with Crippen LogP contribution < -0.4 is 4.74 Å². The fourth-order valence-electron chi connectivity index (χ4n) is 2.67. The first-order valence-electron chi connectivity index (χ1n) is 7.81. The molecule has 2 aromatic carbocycles. The van der Waals surface area contributed by atoms with E-state index in [9.17, 15) is 15.0 Å². The quantitative estimate of drug-likeness (QED) is 0.765. The number of phenolic OH excluding ortho intramolecular Hbond substituents is 1. The van der Waals surface area contributed by atoms with Gasteiger partial charge in [-0.25, -0.2) is 4.79 Å². The number of phenols is 1. The number of carbonyl (C=O) groups is 1. The van der Waals surface area contributed by atoms with Gasteiger partial charge in [-0.1, -0.05) is 26.0 Å². The zero-order valence-corrected chi connectivity index (χ0v) is 13.7. The van der Waals surface area contributed by atoms with Crippen LogP contribution in [0.4, 0.5) is 0 Å². The van der Waals surface area contributed by atoms with Crippen molar-refractivity contribution in [3.05, 3.63) is 41.5 Å². The number of ether oxygens (including phenoxy) is 1. The highest BCUT2D eigenvalue weighted by atomic mass is 16.5. The maximum Gasteiger partial charge on any atom is 0.331 e. The van der Waals surface area contributed by atoms with Crippen molar-refractivity contribution in [1.82, 2.24) is 0 Å². The number of aromatic hydroxyl groups is 1. The molecule has 4 heteroatoms. The number of carboxylic acids is 1. The molecule has 23 heavy (non-hydrogen) atoms. The maximum absolute atomic E-state index is 11.4. The molecule has 122 valence electrons. The van der Waals surface area contributed by atoms with Crippen molar-refractivity contribution in [2.75, 3.05) is 6.61 Å². The van der Waals surface area contributed by atoms with Crippen LogP contribution in [-0.2, 0) is 4.79 Å². The number of benzene rings is 2. The lowest BCUT2D eigenvalue weighted by Crippen LogP contribution is -2.04. The Hall–Kier alpha value is -2.49. The largest absolute Gasteiger partial charge is 0.508 e. The van der Waals surface area contributed by atoms with Gasteiger partial charge >= 0.3 is 5.97 Å². The fraction of sp³-hybridized carbons (Fsp3) is 0.316. The highest BCUT2D eigenvalue weighted by molar-refractivity contribution is 6.00. The summed E-state index contributed by atoms with van der Waals surface area (Å²) in [4.78, 5) is 11.4. The second-order valence-corrected chi connectivity index (χ2v) is 5.46. The van der Waals surface area contributed by atoms with Gasteiger partial charge in [0.1, 0.15) is 11.5 Å². The van der Waals surface area contributed by atoms with E-state index in [-0.39, 0.29) is 5.75 Å². The van der Waals surface area contributed by atoms with Crippen molar-refractivity contribution in [3.63, 3.8) is 0 Å². The zero-order valence-electron chi connectivity index (χ0n) is 13.7. The number of allylic oxidation sites excluding steroid dienone is 1. The summed E-state index contributed by atoms with van der Waals surface area (Å²) in [6.07, 6.45) is 1.46. The van der Waals surface area contributed by atoms with E-state index in [0.717, 1.165) is 28.3 Å². The first-order chi connectivity index (χ1) is 11.0. The molecule has 2 N–H and O–H groups in total. The number of hydrogen-bond donors (Lipinski definition) is 2. The van der Waals surface area contributed by atoms with Crippen molar-refractivity contribution >= 4 is 22.3 Å². The van der Waals surface area contributed by atoms with Gasteiger partial charge in [-0.05, 0) is 48.9 Å². The van der Waals surface area contributed by atoms with Crippen LogP contribution in [-0.4, -0.2) is 22.8 Å². The van der Waals surface area contributed by atoms with E-state index in [1.807, 2.05) is 32.0 Å². The van der Waals surface area contributed by atoms with Crippen molar-refractivity contribution in [3.8, 4) is 11.5 Å². The van der Waals surface area contributed by atoms with E-state index in [2.05, 4.69) is 0 Å². The minimum absolute atomic E-state index is 0.194. The molecule has 0 atom stereocenters. The van der Waals surface area contributed by atoms with E-state index >= 15 is 0 Å². The highest BCUT2D eigenvalue weighted by Gasteiger charge is 2.17. The molecule has 0 saturated carbocycles. The number of fused-ring (bicyclic) bond motifs is 1. The van der Waals surface area contributed by atoms with Crippen molar-refractivity contribution < 1.29 is 19.7 Å². The van der Waals surface area contributed by atoms with Gasteiger partial charge in [-0.15, -0.1) is 0 Å². The summed E-state index contributed by atoms with van der Waals surface area (Å²) in [5.41, 5.74) is 1.89. The van der Waals surface area contributed by atoms with Crippen molar-refractivity contribution in [1.29, 1.82) is 0 Å². The summed E-state index contributed by atoms with van der Waals surface area (Å²) < 4.78 is 5.94. The lowest BCUT2D eigenvalue weighted by Gasteiger charge is -2.17. The molecule has 2 rings (SSSR count). The lowest BCUT2D eigenvalue weighted by atomic mass is 9.94.